The zero-order valence-electron chi connectivity index (χ0n) is 11.2. The van der Waals surface area contributed by atoms with Crippen LogP contribution in [0.25, 0.3) is 0 Å². The molecule has 20 heavy (non-hydrogen) atoms. The fourth-order valence-corrected chi connectivity index (χ4v) is 2.38. The molecule has 0 saturated carbocycles. The van der Waals surface area contributed by atoms with Gasteiger partial charge in [0.25, 0.3) is 0 Å². The summed E-state index contributed by atoms with van der Waals surface area (Å²) in [5.41, 5.74) is 0.959. The number of ether oxygens (including phenoxy) is 2. The molecule has 0 aliphatic rings. The minimum atomic E-state index is 0.446. The summed E-state index contributed by atoms with van der Waals surface area (Å²) in [6.45, 7) is 3.26. The van der Waals surface area contributed by atoms with Gasteiger partial charge in [0, 0.05) is 15.1 Å². The quantitative estimate of drug-likeness (QED) is 0.684. The molecule has 0 aliphatic carbocycles. The van der Waals surface area contributed by atoms with Crippen molar-refractivity contribution >= 4 is 27.5 Å². The van der Waals surface area contributed by atoms with E-state index in [2.05, 4.69) is 22.9 Å². The van der Waals surface area contributed by atoms with Gasteiger partial charge in [0.1, 0.15) is 18.1 Å². The summed E-state index contributed by atoms with van der Waals surface area (Å²) in [6, 6.07) is 13.4. The molecule has 2 nitrogen and oxygen atoms in total. The van der Waals surface area contributed by atoms with Crippen molar-refractivity contribution in [2.24, 2.45) is 0 Å². The van der Waals surface area contributed by atoms with Crippen molar-refractivity contribution in [2.75, 3.05) is 6.61 Å². The third-order valence-electron chi connectivity index (χ3n) is 2.71. The van der Waals surface area contributed by atoms with E-state index in [1.807, 2.05) is 42.5 Å². The van der Waals surface area contributed by atoms with E-state index >= 15 is 0 Å². The standard InChI is InChI=1S/C16H16BrClO2/c1-2-9-19-14-5-7-15(8-6-14)20-11-12-3-4-13(17)10-16(12)18/h3-8,10H,2,9,11H2,1H3. The number of rotatable bonds is 6. The van der Waals surface area contributed by atoms with Crippen LogP contribution in [0.4, 0.5) is 0 Å². The van der Waals surface area contributed by atoms with Gasteiger partial charge in [0.2, 0.25) is 0 Å². The molecule has 2 rings (SSSR count). The molecule has 0 unspecified atom stereocenters. The zero-order valence-corrected chi connectivity index (χ0v) is 13.6. The summed E-state index contributed by atoms with van der Waals surface area (Å²) >= 11 is 9.53. The first kappa shape index (κ1) is 15.2. The lowest BCUT2D eigenvalue weighted by Crippen LogP contribution is -1.97. The topological polar surface area (TPSA) is 18.5 Å². The average Bonchev–Trinajstić information content (AvgIpc) is 2.45. The fourth-order valence-electron chi connectivity index (χ4n) is 1.65. The van der Waals surface area contributed by atoms with Crippen LogP contribution in [0.5, 0.6) is 11.5 Å². The van der Waals surface area contributed by atoms with Crippen LogP contribution in [0.2, 0.25) is 5.02 Å². The maximum absolute atomic E-state index is 6.15. The summed E-state index contributed by atoms with van der Waals surface area (Å²) in [4.78, 5) is 0. The molecular weight excluding hydrogens is 340 g/mol. The molecule has 0 aliphatic heterocycles. The maximum Gasteiger partial charge on any atom is 0.120 e. The molecule has 0 fully saturated rings. The van der Waals surface area contributed by atoms with Crippen LogP contribution in [0.1, 0.15) is 18.9 Å². The van der Waals surface area contributed by atoms with E-state index in [1.54, 1.807) is 0 Å². The Morgan fingerprint density at radius 2 is 1.65 bits per heavy atom. The van der Waals surface area contributed by atoms with E-state index in [-0.39, 0.29) is 0 Å². The molecule has 0 radical (unpaired) electrons. The summed E-state index contributed by atoms with van der Waals surface area (Å²) < 4.78 is 12.2. The molecular formula is C16H16BrClO2. The predicted octanol–water partition coefficient (Wildman–Crippen LogP) is 5.47. The Morgan fingerprint density at radius 3 is 2.25 bits per heavy atom. The largest absolute Gasteiger partial charge is 0.494 e. The van der Waals surface area contributed by atoms with Gasteiger partial charge in [-0.2, -0.15) is 0 Å². The first-order chi connectivity index (χ1) is 9.69. The van der Waals surface area contributed by atoms with Crippen molar-refractivity contribution in [1.29, 1.82) is 0 Å². The van der Waals surface area contributed by atoms with E-state index in [0.717, 1.165) is 34.6 Å². The average molecular weight is 356 g/mol. The Morgan fingerprint density at radius 1 is 1.00 bits per heavy atom. The Labute approximate surface area is 132 Å². The Bertz CT molecular complexity index is 555. The van der Waals surface area contributed by atoms with Crippen LogP contribution in [0, 0.1) is 0 Å². The molecule has 106 valence electrons. The molecule has 0 atom stereocenters. The van der Waals surface area contributed by atoms with Crippen LogP contribution in [-0.4, -0.2) is 6.61 Å². The van der Waals surface area contributed by atoms with E-state index in [1.165, 1.54) is 0 Å². The number of hydrogen-bond acceptors (Lipinski definition) is 2. The second kappa shape index (κ2) is 7.55. The highest BCUT2D eigenvalue weighted by atomic mass is 79.9. The molecule has 4 heteroatoms. The summed E-state index contributed by atoms with van der Waals surface area (Å²) in [5, 5.41) is 0.697. The van der Waals surface area contributed by atoms with Crippen molar-refractivity contribution < 1.29 is 9.47 Å². The minimum absolute atomic E-state index is 0.446. The van der Waals surface area contributed by atoms with Gasteiger partial charge in [0.05, 0.1) is 6.61 Å². The van der Waals surface area contributed by atoms with Crippen molar-refractivity contribution in [1.82, 2.24) is 0 Å². The van der Waals surface area contributed by atoms with Crippen LogP contribution in [-0.2, 0) is 6.61 Å². The SMILES string of the molecule is CCCOc1ccc(OCc2ccc(Br)cc2Cl)cc1. The van der Waals surface area contributed by atoms with Gasteiger partial charge < -0.3 is 9.47 Å². The van der Waals surface area contributed by atoms with Gasteiger partial charge in [-0.05, 0) is 42.8 Å². The van der Waals surface area contributed by atoms with Crippen molar-refractivity contribution in [3.8, 4) is 11.5 Å². The molecule has 0 bridgehead atoms. The molecule has 0 saturated heterocycles. The van der Waals surface area contributed by atoms with Gasteiger partial charge in [0.15, 0.2) is 0 Å². The first-order valence-electron chi connectivity index (χ1n) is 6.48. The van der Waals surface area contributed by atoms with E-state index in [9.17, 15) is 0 Å². The Kier molecular flexibility index (Phi) is 5.74. The van der Waals surface area contributed by atoms with E-state index in [0.29, 0.717) is 11.6 Å². The van der Waals surface area contributed by atoms with Crippen molar-refractivity contribution in [3.05, 3.63) is 57.5 Å². The van der Waals surface area contributed by atoms with Crippen LogP contribution in [0.3, 0.4) is 0 Å². The smallest absolute Gasteiger partial charge is 0.120 e. The minimum Gasteiger partial charge on any atom is -0.494 e. The van der Waals surface area contributed by atoms with Crippen LogP contribution < -0.4 is 9.47 Å². The summed E-state index contributed by atoms with van der Waals surface area (Å²) in [5.74, 6) is 1.66. The molecule has 2 aromatic carbocycles. The monoisotopic (exact) mass is 354 g/mol. The normalized spacial score (nSPS) is 10.3. The van der Waals surface area contributed by atoms with Crippen LogP contribution in [0.15, 0.2) is 46.9 Å². The lowest BCUT2D eigenvalue weighted by molar-refractivity contribution is 0.301. The van der Waals surface area contributed by atoms with Crippen molar-refractivity contribution in [2.45, 2.75) is 20.0 Å². The van der Waals surface area contributed by atoms with Gasteiger partial charge in [-0.3, -0.25) is 0 Å². The third kappa shape index (κ3) is 4.43. The highest BCUT2D eigenvalue weighted by molar-refractivity contribution is 9.10. The number of benzene rings is 2. The van der Waals surface area contributed by atoms with E-state index < -0.39 is 0 Å². The lowest BCUT2D eigenvalue weighted by atomic mass is 10.2. The fraction of sp³-hybridized carbons (Fsp3) is 0.250. The first-order valence-corrected chi connectivity index (χ1v) is 7.65. The lowest BCUT2D eigenvalue weighted by Gasteiger charge is -2.09. The second-order valence-electron chi connectivity index (χ2n) is 4.34. The van der Waals surface area contributed by atoms with E-state index in [4.69, 9.17) is 21.1 Å². The Balaban J connectivity index is 1.93. The van der Waals surface area contributed by atoms with Gasteiger partial charge in [-0.1, -0.05) is 40.5 Å². The third-order valence-corrected chi connectivity index (χ3v) is 3.55. The molecule has 0 aromatic heterocycles. The van der Waals surface area contributed by atoms with Gasteiger partial charge in [-0.15, -0.1) is 0 Å². The number of hydrogen-bond donors (Lipinski definition) is 0. The molecule has 0 heterocycles. The van der Waals surface area contributed by atoms with Gasteiger partial charge in [-0.25, -0.2) is 0 Å². The highest BCUT2D eigenvalue weighted by Crippen LogP contribution is 2.24. The number of halogens is 2. The molecule has 2 aromatic rings. The maximum atomic E-state index is 6.15. The summed E-state index contributed by atoms with van der Waals surface area (Å²) in [7, 11) is 0. The molecule has 0 spiro atoms. The van der Waals surface area contributed by atoms with Crippen molar-refractivity contribution in [3.63, 3.8) is 0 Å². The highest BCUT2D eigenvalue weighted by Gasteiger charge is 2.02. The van der Waals surface area contributed by atoms with Crippen LogP contribution >= 0.6 is 27.5 Å². The summed E-state index contributed by atoms with van der Waals surface area (Å²) in [6.07, 6.45) is 1.00. The second-order valence-corrected chi connectivity index (χ2v) is 5.67. The zero-order chi connectivity index (χ0) is 14.4. The van der Waals surface area contributed by atoms with Gasteiger partial charge >= 0.3 is 0 Å². The molecule has 0 amide bonds. The predicted molar refractivity (Wildman–Crippen MR) is 85.7 cm³/mol. The Hall–Kier alpha value is -1.19. The molecule has 0 N–H and O–H groups in total.